The van der Waals surface area contributed by atoms with Gasteiger partial charge in [-0.25, -0.2) is 4.68 Å². The zero-order valence-corrected chi connectivity index (χ0v) is 24.7. The molecule has 1 atom stereocenters. The number of amides is 2. The van der Waals surface area contributed by atoms with Crippen LogP contribution in [0.4, 0.5) is 5.82 Å². The van der Waals surface area contributed by atoms with E-state index in [1.54, 1.807) is 30.9 Å². The summed E-state index contributed by atoms with van der Waals surface area (Å²) >= 11 is 1.50. The van der Waals surface area contributed by atoms with Crippen molar-refractivity contribution >= 4 is 29.4 Å². The first-order chi connectivity index (χ1) is 20.5. The minimum Gasteiger partial charge on any atom is -0.497 e. The molecule has 1 aliphatic heterocycles. The van der Waals surface area contributed by atoms with Crippen molar-refractivity contribution in [2.75, 3.05) is 51.7 Å². The van der Waals surface area contributed by atoms with Gasteiger partial charge in [0.1, 0.15) is 23.9 Å². The molecule has 2 amide bonds. The van der Waals surface area contributed by atoms with E-state index in [9.17, 15) is 9.59 Å². The normalized spacial score (nSPS) is 14.7. The first-order valence-corrected chi connectivity index (χ1v) is 14.7. The maximum atomic E-state index is 13.9. The molecule has 2 heterocycles. The summed E-state index contributed by atoms with van der Waals surface area (Å²) in [5.74, 6) is 1.71. The number of benzene rings is 3. The van der Waals surface area contributed by atoms with Crippen LogP contribution >= 0.6 is 11.8 Å². The number of carbonyl (C=O) groups excluding carboxylic acids is 2. The Morgan fingerprint density at radius 3 is 2.43 bits per heavy atom. The van der Waals surface area contributed by atoms with E-state index >= 15 is 0 Å². The first kappa shape index (κ1) is 29.2. The second kappa shape index (κ2) is 13.6. The topological polar surface area (TPSA) is 94.9 Å². The Balaban J connectivity index is 1.72. The minimum absolute atomic E-state index is 0.145. The Hall–Kier alpha value is -4.28. The van der Waals surface area contributed by atoms with Gasteiger partial charge in [0.05, 0.1) is 36.6 Å². The fourth-order valence-corrected chi connectivity index (χ4v) is 6.23. The molecule has 0 saturated carbocycles. The standard InChI is InChI=1S/C32H34N4O5S/c1-39-19-9-18-33-27(37)20-35-28(38)21-42-31(25-12-7-8-13-26(25)41-3)29-30(22-10-5-4-6-11-22)34-36(32(29)35)23-14-16-24(40-2)17-15-23/h4-8,10-17,31H,9,18-21H2,1-3H3,(H,33,37)/t31-/m0/s1. The van der Waals surface area contributed by atoms with Crippen molar-refractivity contribution in [3.8, 4) is 28.4 Å². The molecule has 0 bridgehead atoms. The Kier molecular flexibility index (Phi) is 9.45. The number of carbonyl (C=O) groups is 2. The Bertz CT molecular complexity index is 1520. The molecule has 0 aliphatic carbocycles. The summed E-state index contributed by atoms with van der Waals surface area (Å²) in [6.45, 7) is 0.843. The van der Waals surface area contributed by atoms with Crippen molar-refractivity contribution in [3.05, 3.63) is 90.0 Å². The highest BCUT2D eigenvalue weighted by atomic mass is 32.2. The molecule has 0 fully saturated rings. The minimum atomic E-state index is -0.294. The van der Waals surface area contributed by atoms with E-state index in [4.69, 9.17) is 19.3 Å². The molecule has 10 heteroatoms. The molecule has 5 rings (SSSR count). The van der Waals surface area contributed by atoms with Gasteiger partial charge in [0, 0.05) is 37.0 Å². The number of para-hydroxylation sites is 1. The van der Waals surface area contributed by atoms with Crippen LogP contribution in [-0.4, -0.2) is 68.4 Å². The van der Waals surface area contributed by atoms with Gasteiger partial charge in [-0.15, -0.1) is 11.8 Å². The van der Waals surface area contributed by atoms with E-state index in [0.29, 0.717) is 36.9 Å². The van der Waals surface area contributed by atoms with Crippen molar-refractivity contribution in [2.45, 2.75) is 11.7 Å². The van der Waals surface area contributed by atoms with Crippen molar-refractivity contribution < 1.29 is 23.8 Å². The monoisotopic (exact) mass is 586 g/mol. The molecule has 42 heavy (non-hydrogen) atoms. The molecule has 0 saturated heterocycles. The fourth-order valence-electron chi connectivity index (χ4n) is 5.00. The van der Waals surface area contributed by atoms with Gasteiger partial charge in [0.2, 0.25) is 11.8 Å². The maximum Gasteiger partial charge on any atom is 0.240 e. The van der Waals surface area contributed by atoms with Crippen LogP contribution in [0.15, 0.2) is 78.9 Å². The van der Waals surface area contributed by atoms with Crippen LogP contribution in [0, 0.1) is 0 Å². The predicted octanol–water partition coefficient (Wildman–Crippen LogP) is 4.88. The van der Waals surface area contributed by atoms with Crippen LogP contribution in [0.1, 0.15) is 22.8 Å². The van der Waals surface area contributed by atoms with Crippen LogP contribution in [0.5, 0.6) is 11.5 Å². The lowest BCUT2D eigenvalue weighted by molar-refractivity contribution is -0.122. The molecule has 1 aromatic heterocycles. The van der Waals surface area contributed by atoms with Crippen LogP contribution in [0.2, 0.25) is 0 Å². The van der Waals surface area contributed by atoms with Gasteiger partial charge in [0.15, 0.2) is 0 Å². The summed E-state index contributed by atoms with van der Waals surface area (Å²) in [4.78, 5) is 28.6. The molecule has 9 nitrogen and oxygen atoms in total. The summed E-state index contributed by atoms with van der Waals surface area (Å²) in [5.41, 5.74) is 4.13. The molecule has 3 aromatic carbocycles. The van der Waals surface area contributed by atoms with Crippen molar-refractivity contribution in [3.63, 3.8) is 0 Å². The van der Waals surface area contributed by atoms with E-state index in [2.05, 4.69) is 5.32 Å². The van der Waals surface area contributed by atoms with Crippen LogP contribution < -0.4 is 19.7 Å². The molecular weight excluding hydrogens is 552 g/mol. The van der Waals surface area contributed by atoms with Crippen molar-refractivity contribution in [2.24, 2.45) is 0 Å². The SMILES string of the molecule is COCCCNC(=O)CN1C(=O)CS[C@@H](c2ccccc2OC)c2c(-c3ccccc3)nn(-c3ccc(OC)cc3)c21. The van der Waals surface area contributed by atoms with E-state index in [0.717, 1.165) is 28.1 Å². The van der Waals surface area contributed by atoms with Gasteiger partial charge in [0.25, 0.3) is 0 Å². The van der Waals surface area contributed by atoms with Crippen molar-refractivity contribution in [1.82, 2.24) is 15.1 Å². The number of rotatable bonds is 11. The van der Waals surface area contributed by atoms with E-state index in [1.165, 1.54) is 11.8 Å². The van der Waals surface area contributed by atoms with Crippen LogP contribution in [0.3, 0.4) is 0 Å². The van der Waals surface area contributed by atoms with Crippen LogP contribution in [-0.2, 0) is 14.3 Å². The number of aromatic nitrogens is 2. The number of nitrogens with one attached hydrogen (secondary N) is 1. The van der Waals surface area contributed by atoms with Gasteiger partial charge >= 0.3 is 0 Å². The first-order valence-electron chi connectivity index (χ1n) is 13.7. The second-order valence-electron chi connectivity index (χ2n) is 9.67. The summed E-state index contributed by atoms with van der Waals surface area (Å²) in [6, 6.07) is 25.2. The lowest BCUT2D eigenvalue weighted by atomic mass is 9.99. The maximum absolute atomic E-state index is 13.9. The lowest BCUT2D eigenvalue weighted by Crippen LogP contribution is -2.42. The summed E-state index contributed by atoms with van der Waals surface area (Å²) in [7, 11) is 4.88. The zero-order chi connectivity index (χ0) is 29.5. The zero-order valence-electron chi connectivity index (χ0n) is 23.9. The molecule has 4 aromatic rings. The summed E-state index contributed by atoms with van der Waals surface area (Å²) in [5, 5.41) is 7.75. The number of fused-ring (bicyclic) bond motifs is 1. The second-order valence-corrected chi connectivity index (χ2v) is 10.8. The van der Waals surface area contributed by atoms with Gasteiger partial charge in [-0.2, -0.15) is 5.10 Å². The number of nitrogens with zero attached hydrogens (tertiary/aromatic N) is 3. The van der Waals surface area contributed by atoms with E-state index in [1.807, 2.05) is 78.9 Å². The number of hydrogen-bond donors (Lipinski definition) is 1. The molecule has 1 aliphatic rings. The lowest BCUT2D eigenvalue weighted by Gasteiger charge is -2.23. The molecular formula is C32H34N4O5S. The van der Waals surface area contributed by atoms with Gasteiger partial charge in [-0.05, 0) is 36.8 Å². The quantitative estimate of drug-likeness (QED) is 0.251. The fraction of sp³-hybridized carbons (Fsp3) is 0.281. The smallest absolute Gasteiger partial charge is 0.240 e. The third kappa shape index (κ3) is 6.14. The number of ether oxygens (including phenoxy) is 3. The molecule has 1 N–H and O–H groups in total. The van der Waals surface area contributed by atoms with Gasteiger partial charge in [-0.3, -0.25) is 14.5 Å². The number of hydrogen-bond acceptors (Lipinski definition) is 7. The predicted molar refractivity (Wildman–Crippen MR) is 165 cm³/mol. The number of thioether (sulfide) groups is 1. The van der Waals surface area contributed by atoms with Gasteiger partial charge < -0.3 is 19.5 Å². The summed E-state index contributed by atoms with van der Waals surface area (Å²) < 4.78 is 18.0. The summed E-state index contributed by atoms with van der Waals surface area (Å²) in [6.07, 6.45) is 0.676. The molecule has 0 radical (unpaired) electrons. The molecule has 0 unspecified atom stereocenters. The van der Waals surface area contributed by atoms with E-state index < -0.39 is 0 Å². The molecule has 0 spiro atoms. The van der Waals surface area contributed by atoms with Gasteiger partial charge in [-0.1, -0.05) is 48.5 Å². The highest BCUT2D eigenvalue weighted by Gasteiger charge is 2.38. The van der Waals surface area contributed by atoms with Crippen molar-refractivity contribution in [1.29, 1.82) is 0 Å². The van der Waals surface area contributed by atoms with Crippen LogP contribution in [0.25, 0.3) is 16.9 Å². The third-order valence-electron chi connectivity index (χ3n) is 7.02. The third-order valence-corrected chi connectivity index (χ3v) is 8.26. The Morgan fingerprint density at radius 2 is 1.71 bits per heavy atom. The largest absolute Gasteiger partial charge is 0.497 e. The van der Waals surface area contributed by atoms with E-state index in [-0.39, 0.29) is 29.4 Å². The Morgan fingerprint density at radius 1 is 0.976 bits per heavy atom. The highest BCUT2D eigenvalue weighted by Crippen LogP contribution is 2.50. The molecule has 218 valence electrons. The highest BCUT2D eigenvalue weighted by molar-refractivity contribution is 8.00. The number of anilines is 1. The average Bonchev–Trinajstić information content (AvgIpc) is 3.36. The average molecular weight is 587 g/mol. The number of methoxy groups -OCH3 is 3. The Labute approximate surface area is 249 Å².